The summed E-state index contributed by atoms with van der Waals surface area (Å²) in [6, 6.07) is 10.2. The van der Waals surface area contributed by atoms with Gasteiger partial charge < -0.3 is 19.9 Å². The summed E-state index contributed by atoms with van der Waals surface area (Å²) in [5.41, 5.74) is 3.52. The van der Waals surface area contributed by atoms with Crippen LogP contribution in [-0.2, 0) is 9.53 Å². The van der Waals surface area contributed by atoms with Crippen LogP contribution in [-0.4, -0.2) is 53.1 Å². The molecule has 1 aromatic carbocycles. The average molecular weight is 518 g/mol. The second kappa shape index (κ2) is 12.4. The van der Waals surface area contributed by atoms with Crippen molar-refractivity contribution in [2.45, 2.75) is 52.9 Å². The zero-order valence-electron chi connectivity index (χ0n) is 22.3. The van der Waals surface area contributed by atoms with Crippen LogP contribution in [0.25, 0.3) is 5.57 Å². The Morgan fingerprint density at radius 1 is 1.24 bits per heavy atom. The molecule has 0 spiro atoms. The molecule has 38 heavy (non-hydrogen) atoms. The van der Waals surface area contributed by atoms with Crippen molar-refractivity contribution in [3.63, 3.8) is 0 Å². The smallest absolute Gasteiger partial charge is 0.409 e. The van der Waals surface area contributed by atoms with Gasteiger partial charge in [-0.3, -0.25) is 10.1 Å². The van der Waals surface area contributed by atoms with Crippen LogP contribution in [0, 0.1) is 24.2 Å². The Hall–Kier alpha value is -4.13. The number of aryl methyl sites for hydroxylation is 1. The van der Waals surface area contributed by atoms with Crippen LogP contribution < -0.4 is 15.5 Å². The summed E-state index contributed by atoms with van der Waals surface area (Å²) in [5.74, 6) is 0.807. The molecule has 1 fully saturated rings. The lowest BCUT2D eigenvalue weighted by molar-refractivity contribution is -0.117. The lowest BCUT2D eigenvalue weighted by atomic mass is 9.93. The van der Waals surface area contributed by atoms with Crippen molar-refractivity contribution in [2.75, 3.05) is 41.8 Å². The fraction of sp³-hybridized carbons (Fsp3) is 0.464. The Balaban J connectivity index is 1.40. The van der Waals surface area contributed by atoms with Crippen molar-refractivity contribution in [2.24, 2.45) is 5.92 Å². The molecule has 2 aromatic rings. The van der Waals surface area contributed by atoms with Crippen LogP contribution >= 0.6 is 0 Å². The maximum Gasteiger partial charge on any atom is 0.409 e. The molecular weight excluding hydrogens is 482 g/mol. The lowest BCUT2D eigenvalue weighted by Crippen LogP contribution is -2.39. The van der Waals surface area contributed by atoms with Gasteiger partial charge in [0.1, 0.15) is 17.5 Å². The molecule has 10 heteroatoms. The summed E-state index contributed by atoms with van der Waals surface area (Å²) < 4.78 is 5.29. The summed E-state index contributed by atoms with van der Waals surface area (Å²) >= 11 is 0. The predicted octanol–water partition coefficient (Wildman–Crippen LogP) is 4.91. The van der Waals surface area contributed by atoms with E-state index in [4.69, 9.17) is 4.74 Å². The first-order valence-electron chi connectivity index (χ1n) is 13.3. The Bertz CT molecular complexity index is 1250. The number of carbonyl (C=O) groups excluding carboxylic acids is 2. The van der Waals surface area contributed by atoms with Crippen molar-refractivity contribution in [3.8, 4) is 6.07 Å². The predicted molar refractivity (Wildman–Crippen MR) is 146 cm³/mol. The molecule has 2 aliphatic heterocycles. The van der Waals surface area contributed by atoms with Crippen molar-refractivity contribution in [3.05, 3.63) is 47.5 Å². The van der Waals surface area contributed by atoms with Gasteiger partial charge in [-0.05, 0) is 56.7 Å². The Morgan fingerprint density at radius 3 is 2.71 bits per heavy atom. The van der Waals surface area contributed by atoms with Gasteiger partial charge in [-0.1, -0.05) is 25.5 Å². The first kappa shape index (κ1) is 26.9. The number of rotatable bonds is 8. The minimum absolute atomic E-state index is 0.163. The molecular formula is C28H35N7O3. The SMILES string of the molecule is CCCCOC(=O)N1CCC(CC(=O)Nc2ncc(C)c(/C(C#N)=C3\Nc4ccccc4N3CC)n2)CC1. The van der Waals surface area contributed by atoms with Gasteiger partial charge in [0.2, 0.25) is 11.9 Å². The van der Waals surface area contributed by atoms with Gasteiger partial charge in [-0.25, -0.2) is 14.8 Å². The minimum Gasteiger partial charge on any atom is -0.449 e. The normalized spacial score (nSPS) is 16.4. The van der Waals surface area contributed by atoms with Crippen LogP contribution in [0.3, 0.4) is 0 Å². The third-order valence-corrected chi connectivity index (χ3v) is 6.91. The number of hydrogen-bond acceptors (Lipinski definition) is 8. The molecule has 2 aliphatic rings. The monoisotopic (exact) mass is 517 g/mol. The Kier molecular flexibility index (Phi) is 8.79. The second-order valence-electron chi connectivity index (χ2n) is 9.60. The highest BCUT2D eigenvalue weighted by atomic mass is 16.6. The summed E-state index contributed by atoms with van der Waals surface area (Å²) in [7, 11) is 0. The maximum atomic E-state index is 12.8. The summed E-state index contributed by atoms with van der Waals surface area (Å²) in [5, 5.41) is 16.3. The van der Waals surface area contributed by atoms with E-state index in [2.05, 4.69) is 33.6 Å². The van der Waals surface area contributed by atoms with E-state index in [1.54, 1.807) is 11.1 Å². The number of nitrogens with one attached hydrogen (secondary N) is 2. The number of hydrogen-bond donors (Lipinski definition) is 2. The molecule has 4 rings (SSSR count). The summed E-state index contributed by atoms with van der Waals surface area (Å²) in [6.07, 6.45) is 4.98. The molecule has 0 aliphatic carbocycles. The Labute approximate surface area is 223 Å². The average Bonchev–Trinajstić information content (AvgIpc) is 3.29. The van der Waals surface area contributed by atoms with Crippen LogP contribution in [0.15, 0.2) is 36.3 Å². The van der Waals surface area contributed by atoms with Gasteiger partial charge in [0.15, 0.2) is 0 Å². The number of unbranched alkanes of at least 4 members (excludes halogenated alkanes) is 1. The zero-order chi connectivity index (χ0) is 27.1. The molecule has 0 unspecified atom stereocenters. The molecule has 1 aromatic heterocycles. The number of nitriles is 1. The number of likely N-dealkylation sites (tertiary alicyclic amines) is 1. The molecule has 0 saturated carbocycles. The third kappa shape index (κ3) is 6.05. The number of anilines is 3. The number of fused-ring (bicyclic) bond motifs is 1. The van der Waals surface area contributed by atoms with Crippen molar-refractivity contribution in [1.29, 1.82) is 5.26 Å². The van der Waals surface area contributed by atoms with Crippen LogP contribution in [0.2, 0.25) is 0 Å². The topological polar surface area (TPSA) is 123 Å². The highest BCUT2D eigenvalue weighted by Crippen LogP contribution is 2.38. The number of amides is 2. The number of benzene rings is 1. The Morgan fingerprint density at radius 2 is 2.00 bits per heavy atom. The summed E-state index contributed by atoms with van der Waals surface area (Å²) in [4.78, 5) is 37.6. The van der Waals surface area contributed by atoms with E-state index in [1.165, 1.54) is 0 Å². The molecule has 1 saturated heterocycles. The first-order valence-corrected chi connectivity index (χ1v) is 13.3. The van der Waals surface area contributed by atoms with E-state index in [0.717, 1.165) is 42.6 Å². The summed E-state index contributed by atoms with van der Waals surface area (Å²) in [6.45, 7) is 8.20. The molecule has 2 N–H and O–H groups in total. The molecule has 200 valence electrons. The number of carbonyl (C=O) groups is 2. The fourth-order valence-corrected chi connectivity index (χ4v) is 4.78. The van der Waals surface area contributed by atoms with Gasteiger partial charge in [0, 0.05) is 32.3 Å². The van der Waals surface area contributed by atoms with Crippen LogP contribution in [0.5, 0.6) is 0 Å². The van der Waals surface area contributed by atoms with Crippen molar-refractivity contribution in [1.82, 2.24) is 14.9 Å². The first-order chi connectivity index (χ1) is 18.4. The highest BCUT2D eigenvalue weighted by molar-refractivity contribution is 5.92. The molecule has 2 amide bonds. The van der Waals surface area contributed by atoms with Gasteiger partial charge >= 0.3 is 6.09 Å². The second-order valence-corrected chi connectivity index (χ2v) is 9.60. The van der Waals surface area contributed by atoms with E-state index in [0.29, 0.717) is 49.7 Å². The number of aromatic nitrogens is 2. The number of nitrogens with zero attached hydrogens (tertiary/aromatic N) is 5. The van der Waals surface area contributed by atoms with E-state index in [1.807, 2.05) is 43.0 Å². The highest BCUT2D eigenvalue weighted by Gasteiger charge is 2.28. The van der Waals surface area contributed by atoms with Crippen molar-refractivity contribution >= 4 is 34.9 Å². The van der Waals surface area contributed by atoms with E-state index in [-0.39, 0.29) is 23.9 Å². The minimum atomic E-state index is -0.272. The molecule has 3 heterocycles. The van der Waals surface area contributed by atoms with Crippen molar-refractivity contribution < 1.29 is 14.3 Å². The van der Waals surface area contributed by atoms with E-state index < -0.39 is 0 Å². The quantitative estimate of drug-likeness (QED) is 0.374. The van der Waals surface area contributed by atoms with Gasteiger partial charge in [-0.2, -0.15) is 5.26 Å². The van der Waals surface area contributed by atoms with Gasteiger partial charge in [-0.15, -0.1) is 0 Å². The molecule has 0 radical (unpaired) electrons. The van der Waals surface area contributed by atoms with E-state index >= 15 is 0 Å². The van der Waals surface area contributed by atoms with Crippen LogP contribution in [0.4, 0.5) is 22.1 Å². The number of para-hydroxylation sites is 2. The third-order valence-electron chi connectivity index (χ3n) is 6.91. The fourth-order valence-electron chi connectivity index (χ4n) is 4.78. The van der Waals surface area contributed by atoms with Gasteiger partial charge in [0.25, 0.3) is 0 Å². The van der Waals surface area contributed by atoms with Crippen LogP contribution in [0.1, 0.15) is 57.2 Å². The molecule has 0 atom stereocenters. The number of allylic oxidation sites excluding steroid dienone is 1. The molecule has 10 nitrogen and oxygen atoms in total. The standard InChI is InChI=1S/C28H35N7O3/c1-4-6-15-38-28(37)34-13-11-20(12-14-34)16-24(36)32-27-30-18-19(3)25(33-27)21(17-29)26-31-22-9-7-8-10-23(22)35(26)5-2/h7-10,18,20,31H,4-6,11-16H2,1-3H3,(H,30,32,33,36)/b26-21+. The molecule has 0 bridgehead atoms. The number of piperidine rings is 1. The maximum absolute atomic E-state index is 12.8. The van der Waals surface area contributed by atoms with Gasteiger partial charge in [0.05, 0.1) is 23.7 Å². The van der Waals surface area contributed by atoms with E-state index in [9.17, 15) is 14.9 Å². The largest absolute Gasteiger partial charge is 0.449 e. The zero-order valence-corrected chi connectivity index (χ0v) is 22.3. The number of ether oxygens (including phenoxy) is 1. The lowest BCUT2D eigenvalue weighted by Gasteiger charge is -2.31.